The molecule has 1 unspecified atom stereocenters. The van der Waals surface area contributed by atoms with Gasteiger partial charge in [-0.2, -0.15) is 11.8 Å². The molecular weight excluding hydrogens is 168 g/mol. The number of hydrogen-bond acceptors (Lipinski definition) is 2. The third kappa shape index (κ3) is 4.17. The summed E-state index contributed by atoms with van der Waals surface area (Å²) in [6, 6.07) is 0. The highest BCUT2D eigenvalue weighted by atomic mass is 32.2. The van der Waals surface area contributed by atoms with E-state index in [0.29, 0.717) is 0 Å². The van der Waals surface area contributed by atoms with Gasteiger partial charge in [0.25, 0.3) is 0 Å². The smallest absolute Gasteiger partial charge is 0.0465 e. The molecule has 0 spiro atoms. The van der Waals surface area contributed by atoms with E-state index in [2.05, 4.69) is 23.9 Å². The molecule has 0 amide bonds. The Morgan fingerprint density at radius 2 is 2.33 bits per heavy atom. The molecule has 0 aromatic heterocycles. The molecule has 12 heavy (non-hydrogen) atoms. The molecule has 0 bridgehead atoms. The fourth-order valence-electron chi connectivity index (χ4n) is 1.47. The maximum Gasteiger partial charge on any atom is 0.0465 e. The highest BCUT2D eigenvalue weighted by Crippen LogP contribution is 2.25. The summed E-state index contributed by atoms with van der Waals surface area (Å²) >= 11 is 2.08. The quantitative estimate of drug-likeness (QED) is 0.681. The maximum atomic E-state index is 8.55. The van der Waals surface area contributed by atoms with Crippen molar-refractivity contribution in [2.24, 2.45) is 5.92 Å². The highest BCUT2D eigenvalue weighted by molar-refractivity contribution is 7.99. The molecule has 70 valence electrons. The van der Waals surface area contributed by atoms with Gasteiger partial charge in [0.05, 0.1) is 0 Å². The lowest BCUT2D eigenvalue weighted by Gasteiger charge is -2.19. The second kappa shape index (κ2) is 6.55. The van der Waals surface area contributed by atoms with Gasteiger partial charge in [0.2, 0.25) is 0 Å². The van der Waals surface area contributed by atoms with Crippen molar-refractivity contribution in [3.63, 3.8) is 0 Å². The summed E-state index contributed by atoms with van der Waals surface area (Å²) < 4.78 is 0. The fourth-order valence-corrected chi connectivity index (χ4v) is 2.65. The summed E-state index contributed by atoms with van der Waals surface area (Å²) in [6.07, 6.45) is 9.15. The molecular formula is C10H18OS. The minimum atomic E-state index is 0.288. The third-order valence-corrected chi connectivity index (χ3v) is 3.47. The van der Waals surface area contributed by atoms with Crippen LogP contribution >= 0.6 is 11.8 Å². The zero-order chi connectivity index (χ0) is 8.65. The van der Waals surface area contributed by atoms with Gasteiger partial charge in [-0.25, -0.2) is 0 Å². The van der Waals surface area contributed by atoms with Crippen molar-refractivity contribution >= 4 is 11.8 Å². The minimum absolute atomic E-state index is 0.288. The molecule has 1 aliphatic heterocycles. The van der Waals surface area contributed by atoms with E-state index in [0.717, 1.165) is 12.3 Å². The molecule has 0 saturated carbocycles. The monoisotopic (exact) mass is 186 g/mol. The van der Waals surface area contributed by atoms with Crippen LogP contribution in [0.3, 0.4) is 0 Å². The first-order valence-corrected chi connectivity index (χ1v) is 5.92. The molecule has 1 fully saturated rings. The van der Waals surface area contributed by atoms with Gasteiger partial charge >= 0.3 is 0 Å². The van der Waals surface area contributed by atoms with E-state index in [1.54, 1.807) is 0 Å². The van der Waals surface area contributed by atoms with E-state index in [9.17, 15) is 0 Å². The summed E-state index contributed by atoms with van der Waals surface area (Å²) in [5.74, 6) is 3.60. The van der Waals surface area contributed by atoms with Crippen LogP contribution < -0.4 is 0 Å². The lowest BCUT2D eigenvalue weighted by atomic mass is 10.0. The van der Waals surface area contributed by atoms with E-state index in [1.807, 2.05) is 0 Å². The molecule has 1 nitrogen and oxygen atoms in total. The predicted molar refractivity (Wildman–Crippen MR) is 55.5 cm³/mol. The Morgan fingerprint density at radius 3 is 3.00 bits per heavy atom. The number of aliphatic hydroxyl groups excluding tert-OH is 1. The van der Waals surface area contributed by atoms with Gasteiger partial charge in [-0.05, 0) is 43.1 Å². The Hall–Kier alpha value is 0.0500. The van der Waals surface area contributed by atoms with Crippen LogP contribution in [0.5, 0.6) is 0 Å². The van der Waals surface area contributed by atoms with E-state index in [-0.39, 0.29) is 6.61 Å². The molecule has 0 aliphatic carbocycles. The van der Waals surface area contributed by atoms with Crippen LogP contribution in [0.1, 0.15) is 25.7 Å². The first-order valence-electron chi connectivity index (χ1n) is 4.77. The lowest BCUT2D eigenvalue weighted by molar-refractivity contribution is 0.302. The van der Waals surface area contributed by atoms with Gasteiger partial charge in [0.15, 0.2) is 0 Å². The highest BCUT2D eigenvalue weighted by Gasteiger charge is 2.11. The SMILES string of the molecule is OCC/C=C\CC1CCCSC1. The zero-order valence-corrected chi connectivity index (χ0v) is 8.35. The summed E-state index contributed by atoms with van der Waals surface area (Å²) in [7, 11) is 0. The number of rotatable bonds is 4. The van der Waals surface area contributed by atoms with Crippen LogP contribution in [0.2, 0.25) is 0 Å². The Balaban J connectivity index is 2.04. The third-order valence-electron chi connectivity index (χ3n) is 2.19. The zero-order valence-electron chi connectivity index (χ0n) is 7.54. The molecule has 0 radical (unpaired) electrons. The van der Waals surface area contributed by atoms with Crippen LogP contribution in [0, 0.1) is 5.92 Å². The van der Waals surface area contributed by atoms with Crippen molar-refractivity contribution in [1.82, 2.24) is 0 Å². The lowest BCUT2D eigenvalue weighted by Crippen LogP contribution is -2.08. The molecule has 1 heterocycles. The normalized spacial score (nSPS) is 24.9. The van der Waals surface area contributed by atoms with Crippen LogP contribution in [-0.2, 0) is 0 Å². The van der Waals surface area contributed by atoms with Crippen molar-refractivity contribution < 1.29 is 5.11 Å². The standard InChI is InChI=1S/C10H18OS/c11-7-3-1-2-5-10-6-4-8-12-9-10/h1-2,10-11H,3-9H2/b2-1-. The van der Waals surface area contributed by atoms with Gasteiger partial charge in [-0.3, -0.25) is 0 Å². The topological polar surface area (TPSA) is 20.2 Å². The molecule has 2 heteroatoms. The molecule has 1 rings (SSSR count). The molecule has 1 N–H and O–H groups in total. The summed E-state index contributed by atoms with van der Waals surface area (Å²) in [4.78, 5) is 0. The van der Waals surface area contributed by atoms with Gasteiger partial charge in [-0.15, -0.1) is 0 Å². The summed E-state index contributed by atoms with van der Waals surface area (Å²) in [5, 5.41) is 8.55. The van der Waals surface area contributed by atoms with Crippen LogP contribution in [0.15, 0.2) is 12.2 Å². The number of aliphatic hydroxyl groups is 1. The van der Waals surface area contributed by atoms with Crippen LogP contribution in [-0.4, -0.2) is 23.2 Å². The fraction of sp³-hybridized carbons (Fsp3) is 0.800. The van der Waals surface area contributed by atoms with Gasteiger partial charge in [0.1, 0.15) is 0 Å². The van der Waals surface area contributed by atoms with Crippen molar-refractivity contribution in [3.05, 3.63) is 12.2 Å². The van der Waals surface area contributed by atoms with Crippen LogP contribution in [0.4, 0.5) is 0 Å². The second-order valence-corrected chi connectivity index (χ2v) is 4.45. The average molecular weight is 186 g/mol. The van der Waals surface area contributed by atoms with Crippen molar-refractivity contribution in [2.75, 3.05) is 18.1 Å². The Kier molecular flexibility index (Phi) is 5.53. The number of hydrogen-bond donors (Lipinski definition) is 1. The van der Waals surface area contributed by atoms with E-state index in [1.165, 1.54) is 30.8 Å². The first-order chi connectivity index (χ1) is 5.93. The van der Waals surface area contributed by atoms with Crippen molar-refractivity contribution in [3.8, 4) is 0 Å². The molecule has 0 aromatic carbocycles. The Labute approximate surface area is 79.2 Å². The number of allylic oxidation sites excluding steroid dienone is 1. The predicted octanol–water partition coefficient (Wildman–Crippen LogP) is 2.46. The molecule has 1 saturated heterocycles. The van der Waals surface area contributed by atoms with Crippen molar-refractivity contribution in [2.45, 2.75) is 25.7 Å². The van der Waals surface area contributed by atoms with Crippen molar-refractivity contribution in [1.29, 1.82) is 0 Å². The largest absolute Gasteiger partial charge is 0.396 e. The second-order valence-electron chi connectivity index (χ2n) is 3.30. The Morgan fingerprint density at radius 1 is 1.42 bits per heavy atom. The molecule has 1 atom stereocenters. The van der Waals surface area contributed by atoms with Gasteiger partial charge in [-0.1, -0.05) is 12.2 Å². The number of thioether (sulfide) groups is 1. The minimum Gasteiger partial charge on any atom is -0.396 e. The van der Waals surface area contributed by atoms with Gasteiger partial charge < -0.3 is 5.11 Å². The summed E-state index contributed by atoms with van der Waals surface area (Å²) in [5.41, 5.74) is 0. The van der Waals surface area contributed by atoms with Gasteiger partial charge in [0, 0.05) is 6.61 Å². The first kappa shape index (κ1) is 10.1. The molecule has 1 aliphatic rings. The van der Waals surface area contributed by atoms with E-state index in [4.69, 9.17) is 5.11 Å². The van der Waals surface area contributed by atoms with Crippen LogP contribution in [0.25, 0.3) is 0 Å². The molecule has 0 aromatic rings. The Bertz CT molecular complexity index is 128. The maximum absolute atomic E-state index is 8.55. The average Bonchev–Trinajstić information content (AvgIpc) is 2.14. The van der Waals surface area contributed by atoms with E-state index < -0.39 is 0 Å². The van der Waals surface area contributed by atoms with E-state index >= 15 is 0 Å². The summed E-state index contributed by atoms with van der Waals surface area (Å²) in [6.45, 7) is 0.288.